The summed E-state index contributed by atoms with van der Waals surface area (Å²) >= 11 is 2.84. The molecule has 0 radical (unpaired) electrons. The van der Waals surface area contributed by atoms with Crippen molar-refractivity contribution in [1.82, 2.24) is 4.98 Å². The summed E-state index contributed by atoms with van der Waals surface area (Å²) in [6, 6.07) is 0. The normalized spacial score (nSPS) is 10.7. The number of hydrogen-bond acceptors (Lipinski definition) is 4. The number of aromatic nitrogens is 1. The number of hydrogen-bond donors (Lipinski definition) is 1. The maximum absolute atomic E-state index is 12.4. The lowest BCUT2D eigenvalue weighted by molar-refractivity contribution is -0.386. The van der Waals surface area contributed by atoms with E-state index in [0.717, 1.165) is 0 Å². The second-order valence-corrected chi connectivity index (χ2v) is 3.11. The molecule has 0 aromatic carbocycles. The minimum Gasteiger partial charge on any atom is -0.501 e. The van der Waals surface area contributed by atoms with Crippen LogP contribution >= 0.6 is 15.9 Å². The first-order valence-corrected chi connectivity index (χ1v) is 4.80. The van der Waals surface area contributed by atoms with Gasteiger partial charge in [-0.1, -0.05) is 15.9 Å². The van der Waals surface area contributed by atoms with Crippen LogP contribution in [0.2, 0.25) is 0 Å². The van der Waals surface area contributed by atoms with Crippen LogP contribution in [0.3, 0.4) is 0 Å². The van der Waals surface area contributed by atoms with Crippen molar-refractivity contribution in [3.8, 4) is 5.75 Å². The van der Waals surface area contributed by atoms with Crippen molar-refractivity contribution in [2.45, 2.75) is 11.8 Å². The Kier molecular flexibility index (Phi) is 3.51. The van der Waals surface area contributed by atoms with Crippen LogP contribution in [0.1, 0.15) is 17.7 Å². The molecular weight excluding hydrogens is 278 g/mol. The largest absolute Gasteiger partial charge is 0.501 e. The summed E-state index contributed by atoms with van der Waals surface area (Å²) in [7, 11) is 0. The smallest absolute Gasteiger partial charge is 0.318 e. The quantitative estimate of drug-likeness (QED) is 0.525. The molecule has 0 fully saturated rings. The molecular formula is C7H5BrF2N2O3. The fraction of sp³-hybridized carbons (Fsp3) is 0.286. The molecule has 8 heteroatoms. The Morgan fingerprint density at radius 1 is 1.67 bits per heavy atom. The second kappa shape index (κ2) is 4.47. The Labute approximate surface area is 91.0 Å². The van der Waals surface area contributed by atoms with Gasteiger partial charge in [-0.3, -0.25) is 15.1 Å². The number of nitro groups is 1. The van der Waals surface area contributed by atoms with E-state index in [0.29, 0.717) is 6.20 Å². The zero-order valence-corrected chi connectivity index (χ0v) is 8.74. The van der Waals surface area contributed by atoms with Crippen LogP contribution in [-0.2, 0) is 5.33 Å². The molecule has 0 aliphatic carbocycles. The summed E-state index contributed by atoms with van der Waals surface area (Å²) in [6.45, 7) is 0. The lowest BCUT2D eigenvalue weighted by Crippen LogP contribution is -2.02. The van der Waals surface area contributed by atoms with Crippen LogP contribution in [0, 0.1) is 10.1 Å². The van der Waals surface area contributed by atoms with Crippen molar-refractivity contribution in [3.05, 3.63) is 27.6 Å². The SMILES string of the molecule is O=[N+]([O-])c1c(O)cnc(C(F)F)c1CBr. The predicted molar refractivity (Wildman–Crippen MR) is 50.1 cm³/mol. The molecule has 0 aliphatic heterocycles. The molecule has 0 unspecified atom stereocenters. The molecule has 1 N–H and O–H groups in total. The highest BCUT2D eigenvalue weighted by Crippen LogP contribution is 2.35. The molecule has 1 aromatic heterocycles. The summed E-state index contributed by atoms with van der Waals surface area (Å²) < 4.78 is 24.8. The molecule has 0 atom stereocenters. The maximum atomic E-state index is 12.4. The van der Waals surface area contributed by atoms with Gasteiger partial charge in [0.05, 0.1) is 16.7 Å². The van der Waals surface area contributed by atoms with Gasteiger partial charge in [0.15, 0.2) is 0 Å². The van der Waals surface area contributed by atoms with Crippen molar-refractivity contribution >= 4 is 21.6 Å². The third kappa shape index (κ3) is 2.20. The molecule has 15 heavy (non-hydrogen) atoms. The highest BCUT2D eigenvalue weighted by atomic mass is 79.9. The minimum atomic E-state index is -2.92. The maximum Gasteiger partial charge on any atom is 0.318 e. The summed E-state index contributed by atoms with van der Waals surface area (Å²) in [5.41, 5.74) is -1.75. The van der Waals surface area contributed by atoms with E-state index in [1.807, 2.05) is 0 Å². The van der Waals surface area contributed by atoms with E-state index in [1.54, 1.807) is 0 Å². The van der Waals surface area contributed by atoms with Crippen molar-refractivity contribution in [2.24, 2.45) is 0 Å². The van der Waals surface area contributed by atoms with Crippen LogP contribution in [0.4, 0.5) is 14.5 Å². The van der Waals surface area contributed by atoms with E-state index in [9.17, 15) is 18.9 Å². The molecule has 0 saturated heterocycles. The zero-order valence-electron chi connectivity index (χ0n) is 7.15. The van der Waals surface area contributed by atoms with Gasteiger partial charge < -0.3 is 5.11 Å². The van der Waals surface area contributed by atoms with Crippen molar-refractivity contribution < 1.29 is 18.8 Å². The molecule has 5 nitrogen and oxygen atoms in total. The number of aromatic hydroxyl groups is 1. The number of rotatable bonds is 3. The third-order valence-electron chi connectivity index (χ3n) is 1.69. The summed E-state index contributed by atoms with van der Waals surface area (Å²) in [4.78, 5) is 12.9. The van der Waals surface area contributed by atoms with Gasteiger partial charge in [-0.15, -0.1) is 0 Å². The standard InChI is InChI=1S/C7H5BrF2N2O3/c8-1-3-5(7(9)10)11-2-4(13)6(3)12(14)15/h2,7,13H,1H2. The van der Waals surface area contributed by atoms with Gasteiger partial charge in [0.1, 0.15) is 5.69 Å². The second-order valence-electron chi connectivity index (χ2n) is 2.55. The highest BCUT2D eigenvalue weighted by molar-refractivity contribution is 9.08. The van der Waals surface area contributed by atoms with Gasteiger partial charge in [-0.05, 0) is 0 Å². The third-order valence-corrected chi connectivity index (χ3v) is 2.25. The monoisotopic (exact) mass is 282 g/mol. The zero-order chi connectivity index (χ0) is 11.6. The van der Waals surface area contributed by atoms with E-state index in [4.69, 9.17) is 5.11 Å². The van der Waals surface area contributed by atoms with Crippen molar-refractivity contribution in [3.63, 3.8) is 0 Å². The Bertz CT molecular complexity index is 400. The average Bonchev–Trinajstić information content (AvgIpc) is 2.15. The Hall–Kier alpha value is -1.31. The highest BCUT2D eigenvalue weighted by Gasteiger charge is 2.27. The topological polar surface area (TPSA) is 76.3 Å². The van der Waals surface area contributed by atoms with E-state index >= 15 is 0 Å². The fourth-order valence-electron chi connectivity index (χ4n) is 1.07. The summed E-state index contributed by atoms with van der Waals surface area (Å²) in [5.74, 6) is -0.723. The molecule has 82 valence electrons. The summed E-state index contributed by atoms with van der Waals surface area (Å²) in [6.07, 6.45) is -2.27. The molecule has 0 spiro atoms. The van der Waals surface area contributed by atoms with Crippen LogP contribution in [0.25, 0.3) is 0 Å². The van der Waals surface area contributed by atoms with Gasteiger partial charge in [-0.25, -0.2) is 8.78 Å². The van der Waals surface area contributed by atoms with E-state index in [2.05, 4.69) is 20.9 Å². The van der Waals surface area contributed by atoms with E-state index < -0.39 is 28.5 Å². The molecule has 0 aliphatic rings. The molecule has 1 aromatic rings. The van der Waals surface area contributed by atoms with Gasteiger partial charge >= 0.3 is 5.69 Å². The predicted octanol–water partition coefficient (Wildman–Crippen LogP) is 2.53. The molecule has 0 amide bonds. The van der Waals surface area contributed by atoms with Crippen molar-refractivity contribution in [1.29, 1.82) is 0 Å². The summed E-state index contributed by atoms with van der Waals surface area (Å²) in [5, 5.41) is 19.5. The molecule has 0 saturated carbocycles. The first-order valence-electron chi connectivity index (χ1n) is 3.68. The Morgan fingerprint density at radius 2 is 2.27 bits per heavy atom. The number of alkyl halides is 3. The van der Waals surface area contributed by atoms with Gasteiger partial charge in [0.25, 0.3) is 6.43 Å². The Balaban J connectivity index is 3.47. The van der Waals surface area contributed by atoms with Crippen molar-refractivity contribution in [2.75, 3.05) is 0 Å². The van der Waals surface area contributed by atoms with Crippen LogP contribution < -0.4 is 0 Å². The lowest BCUT2D eigenvalue weighted by atomic mass is 10.2. The van der Waals surface area contributed by atoms with Gasteiger partial charge in [-0.2, -0.15) is 0 Å². The number of pyridine rings is 1. The van der Waals surface area contributed by atoms with Gasteiger partial charge in [0.2, 0.25) is 5.75 Å². The molecule has 0 bridgehead atoms. The van der Waals surface area contributed by atoms with E-state index in [1.165, 1.54) is 0 Å². The first-order chi connectivity index (χ1) is 6.99. The van der Waals surface area contributed by atoms with Crippen LogP contribution in [-0.4, -0.2) is 15.0 Å². The minimum absolute atomic E-state index is 0.176. The lowest BCUT2D eigenvalue weighted by Gasteiger charge is -2.06. The number of halogens is 3. The van der Waals surface area contributed by atoms with Gasteiger partial charge in [0, 0.05) is 5.33 Å². The number of nitrogens with zero attached hydrogens (tertiary/aromatic N) is 2. The average molecular weight is 283 g/mol. The fourth-order valence-corrected chi connectivity index (χ4v) is 1.62. The first kappa shape index (κ1) is 11.8. The Morgan fingerprint density at radius 3 is 2.67 bits per heavy atom. The van der Waals surface area contributed by atoms with Crippen LogP contribution in [0.15, 0.2) is 6.20 Å². The van der Waals surface area contributed by atoms with E-state index in [-0.39, 0.29) is 10.9 Å². The molecule has 1 heterocycles. The molecule has 1 rings (SSSR count). The van der Waals surface area contributed by atoms with Crippen LogP contribution in [0.5, 0.6) is 5.75 Å².